The molecular formula is C11H24BrO3P. The summed E-state index contributed by atoms with van der Waals surface area (Å²) in [5.74, 6) is 0. The Morgan fingerprint density at radius 1 is 0.938 bits per heavy atom. The van der Waals surface area contributed by atoms with Crippen LogP contribution < -0.4 is 0 Å². The first-order valence-electron chi connectivity index (χ1n) is 6.12. The van der Waals surface area contributed by atoms with E-state index in [0.29, 0.717) is 13.2 Å². The molecule has 0 fully saturated rings. The fourth-order valence-electron chi connectivity index (χ4n) is 1.35. The van der Waals surface area contributed by atoms with E-state index < -0.39 is 8.60 Å². The molecule has 0 aliphatic heterocycles. The summed E-state index contributed by atoms with van der Waals surface area (Å²) in [6.07, 6.45) is 8.78. The van der Waals surface area contributed by atoms with Crippen LogP contribution in [0.1, 0.15) is 51.9 Å². The normalized spacial score (nSPS) is 12.9. The Kier molecular flexibility index (Phi) is 14.5. The third-order valence-electron chi connectivity index (χ3n) is 2.23. The van der Waals surface area contributed by atoms with Gasteiger partial charge in [0.15, 0.2) is 0 Å². The lowest BCUT2D eigenvalue weighted by Gasteiger charge is -2.09. The first-order valence-corrected chi connectivity index (χ1v) is 8.37. The Balaban J connectivity index is 3.02. The monoisotopic (exact) mass is 314 g/mol. The van der Waals surface area contributed by atoms with Crippen molar-refractivity contribution in [2.24, 2.45) is 0 Å². The predicted octanol–water partition coefficient (Wildman–Crippen LogP) is 4.38. The van der Waals surface area contributed by atoms with Gasteiger partial charge in [-0.2, -0.15) is 0 Å². The molecule has 0 aromatic carbocycles. The van der Waals surface area contributed by atoms with Gasteiger partial charge in [0.1, 0.15) is 0 Å². The summed E-state index contributed by atoms with van der Waals surface area (Å²) in [5, 5.41) is 0.729. The highest BCUT2D eigenvalue weighted by Crippen LogP contribution is 2.32. The van der Waals surface area contributed by atoms with E-state index in [1.54, 1.807) is 0 Å². The van der Waals surface area contributed by atoms with Gasteiger partial charge in [-0.3, -0.25) is 0 Å². The zero-order valence-corrected chi connectivity index (χ0v) is 12.6. The number of halogens is 1. The van der Waals surface area contributed by atoms with Crippen LogP contribution in [0.2, 0.25) is 0 Å². The Morgan fingerprint density at radius 3 is 2.12 bits per heavy atom. The molecule has 3 nitrogen and oxygen atoms in total. The van der Waals surface area contributed by atoms with Crippen molar-refractivity contribution in [2.45, 2.75) is 51.9 Å². The van der Waals surface area contributed by atoms with Gasteiger partial charge in [0.2, 0.25) is 0 Å². The van der Waals surface area contributed by atoms with Crippen LogP contribution in [-0.2, 0) is 9.05 Å². The first kappa shape index (κ1) is 16.8. The highest BCUT2D eigenvalue weighted by atomic mass is 79.9. The average molecular weight is 315 g/mol. The third-order valence-corrected chi connectivity index (χ3v) is 3.36. The van der Waals surface area contributed by atoms with Crippen LogP contribution in [0.3, 0.4) is 0 Å². The Labute approximate surface area is 109 Å². The molecule has 0 rings (SSSR count). The van der Waals surface area contributed by atoms with Gasteiger partial charge in [-0.25, -0.2) is 0 Å². The first-order chi connectivity index (χ1) is 7.81. The van der Waals surface area contributed by atoms with Gasteiger partial charge in [-0.15, -0.1) is 0 Å². The Hall–Kier alpha value is 0.790. The summed E-state index contributed by atoms with van der Waals surface area (Å²) < 4.78 is 10.2. The number of alkyl halides is 1. The molecule has 0 amide bonds. The lowest BCUT2D eigenvalue weighted by Crippen LogP contribution is -1.95. The number of unbranched alkanes of at least 4 members (excludes halogenated alkanes) is 6. The van der Waals surface area contributed by atoms with Crippen molar-refractivity contribution in [1.82, 2.24) is 0 Å². The third kappa shape index (κ3) is 12.9. The maximum atomic E-state index is 9.25. The second-order valence-corrected chi connectivity index (χ2v) is 5.50. The molecule has 0 aliphatic rings. The van der Waals surface area contributed by atoms with Gasteiger partial charge >= 0.3 is 8.60 Å². The van der Waals surface area contributed by atoms with Crippen molar-refractivity contribution in [3.63, 3.8) is 0 Å². The van der Waals surface area contributed by atoms with E-state index in [-0.39, 0.29) is 0 Å². The van der Waals surface area contributed by atoms with Crippen LogP contribution in [0.5, 0.6) is 0 Å². The molecule has 16 heavy (non-hydrogen) atoms. The quantitative estimate of drug-likeness (QED) is 0.330. The summed E-state index contributed by atoms with van der Waals surface area (Å²) in [6.45, 7) is 3.34. The van der Waals surface area contributed by atoms with E-state index in [0.717, 1.165) is 11.8 Å². The van der Waals surface area contributed by atoms with Crippen molar-refractivity contribution in [3.8, 4) is 0 Å². The zero-order valence-electron chi connectivity index (χ0n) is 10.2. The van der Waals surface area contributed by atoms with Crippen LogP contribution in [0.25, 0.3) is 0 Å². The lowest BCUT2D eigenvalue weighted by molar-refractivity contribution is 0.205. The predicted molar refractivity (Wildman–Crippen MR) is 72.8 cm³/mol. The maximum absolute atomic E-state index is 9.25. The average Bonchev–Trinajstić information content (AvgIpc) is 2.30. The molecule has 0 heterocycles. The van der Waals surface area contributed by atoms with Crippen molar-refractivity contribution < 1.29 is 13.9 Å². The molecule has 1 N–H and O–H groups in total. The van der Waals surface area contributed by atoms with Crippen LogP contribution in [-0.4, -0.2) is 23.4 Å². The van der Waals surface area contributed by atoms with E-state index >= 15 is 0 Å². The molecule has 1 unspecified atom stereocenters. The van der Waals surface area contributed by atoms with Gasteiger partial charge in [0, 0.05) is 5.33 Å². The van der Waals surface area contributed by atoms with E-state index in [2.05, 4.69) is 22.9 Å². The van der Waals surface area contributed by atoms with Gasteiger partial charge < -0.3 is 13.9 Å². The molecule has 0 aromatic rings. The van der Waals surface area contributed by atoms with Crippen molar-refractivity contribution >= 4 is 24.5 Å². The molecule has 0 saturated heterocycles. The molecule has 0 saturated carbocycles. The summed E-state index contributed by atoms with van der Waals surface area (Å²) in [4.78, 5) is 9.25. The molecule has 0 aliphatic carbocycles. The lowest BCUT2D eigenvalue weighted by atomic mass is 10.1. The second-order valence-electron chi connectivity index (χ2n) is 3.71. The zero-order chi connectivity index (χ0) is 12.1. The summed E-state index contributed by atoms with van der Waals surface area (Å²) in [6, 6.07) is 0. The second kappa shape index (κ2) is 13.9. The Bertz CT molecular complexity index is 138. The van der Waals surface area contributed by atoms with Crippen molar-refractivity contribution in [2.75, 3.05) is 18.5 Å². The molecule has 98 valence electrons. The number of hydrogen-bond acceptors (Lipinski definition) is 3. The number of rotatable bonds is 12. The van der Waals surface area contributed by atoms with Gasteiger partial charge in [0.05, 0.1) is 13.2 Å². The van der Waals surface area contributed by atoms with Crippen molar-refractivity contribution in [1.29, 1.82) is 0 Å². The molecule has 1 atom stereocenters. The minimum absolute atomic E-state index is 0.499. The molecule has 5 heteroatoms. The highest BCUT2D eigenvalue weighted by molar-refractivity contribution is 9.09. The smallest absolute Gasteiger partial charge is 0.328 e. The summed E-state index contributed by atoms with van der Waals surface area (Å²) in [5.41, 5.74) is 0. The minimum atomic E-state index is -1.65. The largest absolute Gasteiger partial charge is 0.329 e. The molecular weight excluding hydrogens is 291 g/mol. The Morgan fingerprint density at radius 2 is 1.50 bits per heavy atom. The van der Waals surface area contributed by atoms with Gasteiger partial charge in [-0.05, 0) is 6.42 Å². The molecule has 0 spiro atoms. The van der Waals surface area contributed by atoms with E-state index in [1.165, 1.54) is 38.5 Å². The van der Waals surface area contributed by atoms with Crippen LogP contribution in [0, 0.1) is 0 Å². The fourth-order valence-corrected chi connectivity index (χ4v) is 2.37. The van der Waals surface area contributed by atoms with Gasteiger partial charge in [0.25, 0.3) is 0 Å². The highest BCUT2D eigenvalue weighted by Gasteiger charge is 2.04. The molecule has 0 bridgehead atoms. The minimum Gasteiger partial charge on any atom is -0.328 e. The van der Waals surface area contributed by atoms with Crippen LogP contribution in [0.15, 0.2) is 0 Å². The maximum Gasteiger partial charge on any atom is 0.329 e. The summed E-state index contributed by atoms with van der Waals surface area (Å²) in [7, 11) is -1.65. The molecule has 0 radical (unpaired) electrons. The van der Waals surface area contributed by atoms with E-state index in [4.69, 9.17) is 9.05 Å². The molecule has 0 aromatic heterocycles. The fraction of sp³-hybridized carbons (Fsp3) is 1.00. The van der Waals surface area contributed by atoms with Crippen LogP contribution >= 0.6 is 24.5 Å². The van der Waals surface area contributed by atoms with E-state index in [1.807, 2.05) is 0 Å². The van der Waals surface area contributed by atoms with Crippen LogP contribution in [0.4, 0.5) is 0 Å². The number of hydrogen-bond donors (Lipinski definition) is 1. The van der Waals surface area contributed by atoms with E-state index in [9.17, 15) is 4.89 Å². The SMILES string of the molecule is CCCCCCCCCOP(O)OCCBr. The standard InChI is InChI=1S/C11H24BrO3P/c1-2-3-4-5-6-7-8-10-14-16(13)15-11-9-12/h13H,2-11H2,1H3. The summed E-state index contributed by atoms with van der Waals surface area (Å²) >= 11 is 3.22. The van der Waals surface area contributed by atoms with Crippen molar-refractivity contribution in [3.05, 3.63) is 0 Å². The topological polar surface area (TPSA) is 38.7 Å². The van der Waals surface area contributed by atoms with Gasteiger partial charge in [-0.1, -0.05) is 61.4 Å².